The minimum atomic E-state index is 0. The molecular formula is C20H41IN4O. The van der Waals surface area contributed by atoms with E-state index in [0.29, 0.717) is 5.41 Å². The Hall–Kier alpha value is -0.0800. The molecule has 0 spiro atoms. The summed E-state index contributed by atoms with van der Waals surface area (Å²) in [4.78, 5) is 6.92. The van der Waals surface area contributed by atoms with E-state index in [1.807, 2.05) is 7.05 Å². The minimum absolute atomic E-state index is 0. The van der Waals surface area contributed by atoms with Gasteiger partial charge in [-0.3, -0.25) is 4.99 Å². The lowest BCUT2D eigenvalue weighted by Crippen LogP contribution is -2.45. The maximum absolute atomic E-state index is 5.61. The molecule has 2 saturated carbocycles. The van der Waals surface area contributed by atoms with Crippen LogP contribution in [-0.4, -0.2) is 63.8 Å². The largest absolute Gasteiger partial charge is 0.382 e. The Morgan fingerprint density at radius 2 is 1.85 bits per heavy atom. The van der Waals surface area contributed by atoms with Crippen LogP contribution in [0.4, 0.5) is 0 Å². The van der Waals surface area contributed by atoms with E-state index >= 15 is 0 Å². The molecule has 2 N–H and O–H groups in total. The van der Waals surface area contributed by atoms with Crippen LogP contribution in [-0.2, 0) is 4.74 Å². The molecule has 0 amide bonds. The average Bonchev–Trinajstić information content (AvgIpc) is 3.30. The van der Waals surface area contributed by atoms with Crippen molar-refractivity contribution in [2.75, 3.05) is 46.9 Å². The van der Waals surface area contributed by atoms with Crippen molar-refractivity contribution < 1.29 is 4.74 Å². The summed E-state index contributed by atoms with van der Waals surface area (Å²) < 4.78 is 5.61. The Labute approximate surface area is 178 Å². The predicted octanol–water partition coefficient (Wildman–Crippen LogP) is 3.63. The number of guanidine groups is 1. The zero-order valence-electron chi connectivity index (χ0n) is 17.2. The third-order valence-corrected chi connectivity index (χ3v) is 6.20. The molecule has 0 heterocycles. The third-order valence-electron chi connectivity index (χ3n) is 6.20. The summed E-state index contributed by atoms with van der Waals surface area (Å²) in [5.74, 6) is 0.947. The fraction of sp³-hybridized carbons (Fsp3) is 0.950. The molecule has 0 atom stereocenters. The number of nitrogens with zero attached hydrogens (tertiary/aromatic N) is 2. The number of rotatable bonds is 10. The zero-order valence-corrected chi connectivity index (χ0v) is 19.5. The van der Waals surface area contributed by atoms with Crippen molar-refractivity contribution in [1.82, 2.24) is 15.5 Å². The standard InChI is InChI=1S/C20H40N4O.HI/c1-4-25-16-13-20(11-7-8-12-20)17-23-19(21-2)22-14-15-24(3)18-9-5-6-10-18;/h18H,4-17H2,1-3H3,(H2,21,22,23);1H. The number of hydrogen-bond donors (Lipinski definition) is 2. The van der Waals surface area contributed by atoms with Gasteiger partial charge in [-0.15, -0.1) is 24.0 Å². The van der Waals surface area contributed by atoms with Crippen molar-refractivity contribution >= 4 is 29.9 Å². The molecular weight excluding hydrogens is 439 g/mol. The van der Waals surface area contributed by atoms with Crippen LogP contribution < -0.4 is 10.6 Å². The molecule has 0 aromatic heterocycles. The fourth-order valence-corrected chi connectivity index (χ4v) is 4.44. The van der Waals surface area contributed by atoms with Gasteiger partial charge in [-0.25, -0.2) is 0 Å². The van der Waals surface area contributed by atoms with Gasteiger partial charge in [0.25, 0.3) is 0 Å². The van der Waals surface area contributed by atoms with Gasteiger partial charge >= 0.3 is 0 Å². The number of ether oxygens (including phenoxy) is 1. The van der Waals surface area contributed by atoms with E-state index in [9.17, 15) is 0 Å². The topological polar surface area (TPSA) is 48.9 Å². The maximum Gasteiger partial charge on any atom is 0.191 e. The SMILES string of the molecule is CCOCCC1(CNC(=NC)NCCN(C)C2CCCC2)CCCC1.I. The summed E-state index contributed by atoms with van der Waals surface area (Å²) in [6.45, 7) is 6.84. The first-order valence-electron chi connectivity index (χ1n) is 10.4. The fourth-order valence-electron chi connectivity index (χ4n) is 4.44. The summed E-state index contributed by atoms with van der Waals surface area (Å²) in [6, 6.07) is 0.789. The van der Waals surface area contributed by atoms with Crippen LogP contribution in [0, 0.1) is 5.41 Å². The molecule has 0 saturated heterocycles. The van der Waals surface area contributed by atoms with Gasteiger partial charge < -0.3 is 20.3 Å². The second kappa shape index (κ2) is 13.2. The molecule has 6 heteroatoms. The first-order valence-corrected chi connectivity index (χ1v) is 10.4. The molecule has 0 aromatic rings. The molecule has 2 fully saturated rings. The first kappa shape index (κ1) is 24.0. The molecule has 154 valence electrons. The second-order valence-corrected chi connectivity index (χ2v) is 7.93. The molecule has 2 aliphatic carbocycles. The van der Waals surface area contributed by atoms with Crippen molar-refractivity contribution in [2.24, 2.45) is 10.4 Å². The van der Waals surface area contributed by atoms with E-state index in [1.54, 1.807) is 0 Å². The predicted molar refractivity (Wildman–Crippen MR) is 122 cm³/mol. The van der Waals surface area contributed by atoms with Gasteiger partial charge in [-0.1, -0.05) is 25.7 Å². The molecule has 0 aromatic carbocycles. The average molecular weight is 480 g/mol. The normalized spacial score (nSPS) is 20.4. The van der Waals surface area contributed by atoms with Crippen LogP contribution in [0.5, 0.6) is 0 Å². The molecule has 0 unspecified atom stereocenters. The van der Waals surface area contributed by atoms with Crippen LogP contribution in [0.3, 0.4) is 0 Å². The highest BCUT2D eigenvalue weighted by Crippen LogP contribution is 2.40. The quantitative estimate of drug-likeness (QED) is 0.217. The number of halogens is 1. The molecule has 0 bridgehead atoms. The summed E-state index contributed by atoms with van der Waals surface area (Å²) in [5, 5.41) is 7.09. The van der Waals surface area contributed by atoms with Gasteiger partial charge in [0.15, 0.2) is 5.96 Å². The highest BCUT2D eigenvalue weighted by Gasteiger charge is 2.33. The van der Waals surface area contributed by atoms with Crippen molar-refractivity contribution in [3.8, 4) is 0 Å². The molecule has 26 heavy (non-hydrogen) atoms. The highest BCUT2D eigenvalue weighted by atomic mass is 127. The van der Waals surface area contributed by atoms with Crippen LogP contribution in [0.25, 0.3) is 0 Å². The monoisotopic (exact) mass is 480 g/mol. The first-order chi connectivity index (χ1) is 12.2. The van der Waals surface area contributed by atoms with Crippen molar-refractivity contribution in [3.05, 3.63) is 0 Å². The lowest BCUT2D eigenvalue weighted by Gasteiger charge is -2.30. The van der Waals surface area contributed by atoms with E-state index in [2.05, 4.69) is 34.5 Å². The van der Waals surface area contributed by atoms with E-state index in [1.165, 1.54) is 51.4 Å². The third kappa shape index (κ3) is 7.89. The lowest BCUT2D eigenvalue weighted by atomic mass is 9.83. The van der Waals surface area contributed by atoms with E-state index in [-0.39, 0.29) is 24.0 Å². The van der Waals surface area contributed by atoms with Crippen LogP contribution in [0.1, 0.15) is 64.7 Å². The Morgan fingerprint density at radius 3 is 2.46 bits per heavy atom. The van der Waals surface area contributed by atoms with Gasteiger partial charge in [-0.05, 0) is 51.5 Å². The van der Waals surface area contributed by atoms with Gasteiger partial charge in [0.05, 0.1) is 0 Å². The van der Waals surface area contributed by atoms with Gasteiger partial charge in [-0.2, -0.15) is 0 Å². The number of likely N-dealkylation sites (N-methyl/N-ethyl adjacent to an activating group) is 1. The van der Waals surface area contributed by atoms with E-state index in [4.69, 9.17) is 4.74 Å². The number of nitrogens with one attached hydrogen (secondary N) is 2. The summed E-state index contributed by atoms with van der Waals surface area (Å²) in [5.41, 5.74) is 0.396. The summed E-state index contributed by atoms with van der Waals surface area (Å²) >= 11 is 0. The zero-order chi connectivity index (χ0) is 18.0. The van der Waals surface area contributed by atoms with Crippen molar-refractivity contribution in [1.29, 1.82) is 0 Å². The molecule has 0 radical (unpaired) electrons. The van der Waals surface area contributed by atoms with Gasteiger partial charge in [0, 0.05) is 45.9 Å². The van der Waals surface area contributed by atoms with Crippen molar-refractivity contribution in [2.45, 2.75) is 70.8 Å². The van der Waals surface area contributed by atoms with E-state index < -0.39 is 0 Å². The minimum Gasteiger partial charge on any atom is -0.382 e. The Bertz CT molecular complexity index is 393. The number of hydrogen-bond acceptors (Lipinski definition) is 3. The Kier molecular flexibility index (Phi) is 12.1. The number of aliphatic imine (C=N–C) groups is 1. The van der Waals surface area contributed by atoms with Gasteiger partial charge in [0.1, 0.15) is 0 Å². The Balaban J connectivity index is 0.00000338. The van der Waals surface area contributed by atoms with Crippen LogP contribution >= 0.6 is 24.0 Å². The molecule has 0 aliphatic heterocycles. The molecule has 2 rings (SSSR count). The van der Waals surface area contributed by atoms with Gasteiger partial charge in [0.2, 0.25) is 0 Å². The smallest absolute Gasteiger partial charge is 0.191 e. The molecule has 2 aliphatic rings. The van der Waals surface area contributed by atoms with Crippen LogP contribution in [0.15, 0.2) is 4.99 Å². The Morgan fingerprint density at radius 1 is 1.15 bits per heavy atom. The lowest BCUT2D eigenvalue weighted by molar-refractivity contribution is 0.105. The summed E-state index contributed by atoms with van der Waals surface area (Å²) in [7, 11) is 4.13. The summed E-state index contributed by atoms with van der Waals surface area (Å²) in [6.07, 6.45) is 12.0. The second-order valence-electron chi connectivity index (χ2n) is 7.93. The highest BCUT2D eigenvalue weighted by molar-refractivity contribution is 14.0. The van der Waals surface area contributed by atoms with E-state index in [0.717, 1.165) is 51.3 Å². The van der Waals surface area contributed by atoms with Crippen LogP contribution in [0.2, 0.25) is 0 Å². The van der Waals surface area contributed by atoms with Crippen molar-refractivity contribution in [3.63, 3.8) is 0 Å². The molecule has 5 nitrogen and oxygen atoms in total. The maximum atomic E-state index is 5.61.